The Morgan fingerprint density at radius 2 is 2.29 bits per heavy atom. The molecule has 3 nitrogen and oxygen atoms in total. The van der Waals surface area contributed by atoms with Crippen molar-refractivity contribution in [2.75, 3.05) is 6.61 Å². The molecule has 1 N–H and O–H groups in total. The number of nitrogens with zero attached hydrogens (tertiary/aromatic N) is 1. The minimum Gasteiger partial charge on any atom is -0.394 e. The normalized spacial score (nSPS) is 32.0. The molecule has 1 fully saturated rings. The Labute approximate surface area is 83.7 Å². The van der Waals surface area contributed by atoms with Gasteiger partial charge in [0.25, 0.3) is 0 Å². The number of ether oxygens (including phenoxy) is 1. The molecule has 1 aromatic heterocycles. The van der Waals surface area contributed by atoms with Crippen molar-refractivity contribution in [2.45, 2.75) is 31.5 Å². The lowest BCUT2D eigenvalue weighted by molar-refractivity contribution is -0.0519. The highest BCUT2D eigenvalue weighted by Crippen LogP contribution is 2.38. The Bertz CT molecular complexity index is 301. The molecular formula is C11H15NO2. The smallest absolute Gasteiger partial charge is 0.0910 e. The van der Waals surface area contributed by atoms with E-state index in [0.29, 0.717) is 0 Å². The largest absolute Gasteiger partial charge is 0.394 e. The van der Waals surface area contributed by atoms with E-state index in [2.05, 4.69) is 11.9 Å². The number of aliphatic hydroxyl groups excluding tert-OH is 1. The van der Waals surface area contributed by atoms with Gasteiger partial charge in [-0.1, -0.05) is 0 Å². The molecule has 76 valence electrons. The molecule has 1 aliphatic heterocycles. The molecule has 14 heavy (non-hydrogen) atoms. The van der Waals surface area contributed by atoms with E-state index in [1.54, 1.807) is 12.4 Å². The molecule has 2 atom stereocenters. The van der Waals surface area contributed by atoms with Crippen molar-refractivity contribution in [3.8, 4) is 0 Å². The van der Waals surface area contributed by atoms with Gasteiger partial charge in [-0.3, -0.25) is 4.98 Å². The maximum atomic E-state index is 9.01. The van der Waals surface area contributed by atoms with Crippen LogP contribution >= 0.6 is 0 Å². The van der Waals surface area contributed by atoms with Crippen LogP contribution in [0.1, 0.15) is 25.3 Å². The Kier molecular flexibility index (Phi) is 2.52. The first-order chi connectivity index (χ1) is 6.74. The highest BCUT2D eigenvalue weighted by Gasteiger charge is 2.36. The molecule has 1 unspecified atom stereocenters. The third kappa shape index (κ3) is 1.65. The topological polar surface area (TPSA) is 42.4 Å². The summed E-state index contributed by atoms with van der Waals surface area (Å²) < 4.78 is 5.81. The SMILES string of the molecule is CC1(c2ccncc2)CC[C@H](CO)O1. The fraction of sp³-hybridized carbons (Fsp3) is 0.545. The number of hydrogen-bond donors (Lipinski definition) is 1. The van der Waals surface area contributed by atoms with E-state index in [9.17, 15) is 0 Å². The summed E-state index contributed by atoms with van der Waals surface area (Å²) >= 11 is 0. The Hall–Kier alpha value is -0.930. The maximum absolute atomic E-state index is 9.01. The molecule has 0 spiro atoms. The average molecular weight is 193 g/mol. The Morgan fingerprint density at radius 1 is 1.57 bits per heavy atom. The zero-order valence-electron chi connectivity index (χ0n) is 8.31. The summed E-state index contributed by atoms with van der Waals surface area (Å²) in [6, 6.07) is 3.94. The molecule has 0 aromatic carbocycles. The monoisotopic (exact) mass is 193 g/mol. The van der Waals surface area contributed by atoms with Crippen LogP contribution in [0, 0.1) is 0 Å². The van der Waals surface area contributed by atoms with Crippen LogP contribution < -0.4 is 0 Å². The van der Waals surface area contributed by atoms with Gasteiger partial charge < -0.3 is 9.84 Å². The zero-order valence-corrected chi connectivity index (χ0v) is 8.31. The lowest BCUT2D eigenvalue weighted by atomic mass is 9.94. The van der Waals surface area contributed by atoms with Crippen LogP contribution in [-0.4, -0.2) is 22.8 Å². The summed E-state index contributed by atoms with van der Waals surface area (Å²) in [6.45, 7) is 2.18. The number of aliphatic hydroxyl groups is 1. The van der Waals surface area contributed by atoms with Crippen molar-refractivity contribution in [1.82, 2.24) is 4.98 Å². The summed E-state index contributed by atoms with van der Waals surface area (Å²) in [5, 5.41) is 9.01. The fourth-order valence-corrected chi connectivity index (χ4v) is 1.97. The van der Waals surface area contributed by atoms with Gasteiger partial charge in [-0.15, -0.1) is 0 Å². The summed E-state index contributed by atoms with van der Waals surface area (Å²) in [5.41, 5.74) is 0.902. The van der Waals surface area contributed by atoms with Crippen molar-refractivity contribution in [1.29, 1.82) is 0 Å². The van der Waals surface area contributed by atoms with E-state index < -0.39 is 0 Å². The molecule has 1 aromatic rings. The molecule has 0 amide bonds. The minimum atomic E-state index is -0.240. The molecule has 1 aliphatic rings. The first kappa shape index (κ1) is 9.62. The molecule has 2 rings (SSSR count). The molecule has 0 bridgehead atoms. The minimum absolute atomic E-state index is 0.00633. The summed E-state index contributed by atoms with van der Waals surface area (Å²) in [5.74, 6) is 0. The summed E-state index contributed by atoms with van der Waals surface area (Å²) in [6.07, 6.45) is 5.43. The van der Waals surface area contributed by atoms with E-state index in [0.717, 1.165) is 18.4 Å². The number of aromatic nitrogens is 1. The highest BCUT2D eigenvalue weighted by molar-refractivity contribution is 5.19. The van der Waals surface area contributed by atoms with Crippen molar-refractivity contribution in [3.63, 3.8) is 0 Å². The predicted octanol–water partition coefficient (Wildman–Crippen LogP) is 1.47. The van der Waals surface area contributed by atoms with E-state index in [1.165, 1.54) is 0 Å². The van der Waals surface area contributed by atoms with Crippen LogP contribution in [-0.2, 0) is 10.3 Å². The molecule has 0 aliphatic carbocycles. The van der Waals surface area contributed by atoms with Crippen molar-refractivity contribution < 1.29 is 9.84 Å². The quantitative estimate of drug-likeness (QED) is 0.773. The molecule has 2 heterocycles. The van der Waals surface area contributed by atoms with Gasteiger partial charge in [-0.25, -0.2) is 0 Å². The number of hydrogen-bond acceptors (Lipinski definition) is 3. The summed E-state index contributed by atoms with van der Waals surface area (Å²) in [7, 11) is 0. The van der Waals surface area contributed by atoms with Crippen molar-refractivity contribution >= 4 is 0 Å². The first-order valence-corrected chi connectivity index (χ1v) is 4.94. The van der Waals surface area contributed by atoms with Crippen molar-refractivity contribution in [2.24, 2.45) is 0 Å². The second kappa shape index (κ2) is 3.67. The van der Waals surface area contributed by atoms with Gasteiger partial charge in [0.15, 0.2) is 0 Å². The van der Waals surface area contributed by atoms with Crippen LogP contribution in [0.25, 0.3) is 0 Å². The average Bonchev–Trinajstić information content (AvgIpc) is 2.63. The van der Waals surface area contributed by atoms with Crippen LogP contribution in [0.4, 0.5) is 0 Å². The van der Waals surface area contributed by atoms with E-state index in [1.807, 2.05) is 12.1 Å². The summed E-state index contributed by atoms with van der Waals surface area (Å²) in [4.78, 5) is 3.98. The van der Waals surface area contributed by atoms with Crippen LogP contribution in [0.3, 0.4) is 0 Å². The zero-order chi connectivity index (χ0) is 10.0. The number of rotatable bonds is 2. The second-order valence-corrected chi connectivity index (χ2v) is 3.93. The Morgan fingerprint density at radius 3 is 2.86 bits per heavy atom. The van der Waals surface area contributed by atoms with Crippen LogP contribution in [0.2, 0.25) is 0 Å². The second-order valence-electron chi connectivity index (χ2n) is 3.93. The van der Waals surface area contributed by atoms with Gasteiger partial charge in [0.2, 0.25) is 0 Å². The fourth-order valence-electron chi connectivity index (χ4n) is 1.97. The van der Waals surface area contributed by atoms with Gasteiger partial charge in [0.05, 0.1) is 18.3 Å². The van der Waals surface area contributed by atoms with Gasteiger partial charge in [-0.05, 0) is 37.5 Å². The maximum Gasteiger partial charge on any atom is 0.0910 e. The molecule has 0 radical (unpaired) electrons. The van der Waals surface area contributed by atoms with Crippen LogP contribution in [0.15, 0.2) is 24.5 Å². The van der Waals surface area contributed by atoms with E-state index in [-0.39, 0.29) is 18.3 Å². The standard InChI is InChI=1S/C11H15NO2/c1-11(5-2-10(8-13)14-11)9-3-6-12-7-4-9/h3-4,6-7,10,13H,2,5,8H2,1H3/t10-,11?/m1/s1. The lowest BCUT2D eigenvalue weighted by Gasteiger charge is -2.24. The Balaban J connectivity index is 2.19. The van der Waals surface area contributed by atoms with Crippen LogP contribution in [0.5, 0.6) is 0 Å². The van der Waals surface area contributed by atoms with E-state index >= 15 is 0 Å². The van der Waals surface area contributed by atoms with E-state index in [4.69, 9.17) is 9.84 Å². The number of pyridine rings is 1. The first-order valence-electron chi connectivity index (χ1n) is 4.94. The molecule has 0 saturated carbocycles. The van der Waals surface area contributed by atoms with Crippen molar-refractivity contribution in [3.05, 3.63) is 30.1 Å². The third-order valence-electron chi connectivity index (χ3n) is 2.86. The predicted molar refractivity (Wildman–Crippen MR) is 52.8 cm³/mol. The molecular weight excluding hydrogens is 178 g/mol. The highest BCUT2D eigenvalue weighted by atomic mass is 16.5. The third-order valence-corrected chi connectivity index (χ3v) is 2.86. The molecule has 3 heteroatoms. The van der Waals surface area contributed by atoms with Gasteiger partial charge in [0, 0.05) is 12.4 Å². The van der Waals surface area contributed by atoms with Gasteiger partial charge >= 0.3 is 0 Å². The van der Waals surface area contributed by atoms with Gasteiger partial charge in [-0.2, -0.15) is 0 Å². The van der Waals surface area contributed by atoms with Gasteiger partial charge in [0.1, 0.15) is 0 Å². The molecule has 1 saturated heterocycles. The lowest BCUT2D eigenvalue weighted by Crippen LogP contribution is -2.23.